The second-order valence-electron chi connectivity index (χ2n) is 6.76. The predicted octanol–water partition coefficient (Wildman–Crippen LogP) is 7.23. The highest BCUT2D eigenvalue weighted by Gasteiger charge is 2.09. The normalized spacial score (nSPS) is 11.3. The minimum absolute atomic E-state index is 0.936. The number of furan rings is 1. The fourth-order valence-electron chi connectivity index (χ4n) is 3.65. The summed E-state index contributed by atoms with van der Waals surface area (Å²) in [6, 6.07) is 32.0. The van der Waals surface area contributed by atoms with Crippen molar-refractivity contribution in [1.82, 2.24) is 0 Å². The fourth-order valence-corrected chi connectivity index (χ4v) is 3.65. The Labute approximate surface area is 152 Å². The average molecular weight is 334 g/mol. The standard InChI is InChI=1S/C25H18O/c1-17-13-20(18-7-3-2-4-8-18)15-21(14-17)19-11-12-25-23(16-19)22-9-5-6-10-24(22)26-25/h2-16H,1H3. The number of hydrogen-bond acceptors (Lipinski definition) is 1. The second-order valence-corrected chi connectivity index (χ2v) is 6.76. The molecule has 0 atom stereocenters. The summed E-state index contributed by atoms with van der Waals surface area (Å²) >= 11 is 0. The van der Waals surface area contributed by atoms with Crippen molar-refractivity contribution >= 4 is 21.9 Å². The molecule has 0 unspecified atom stereocenters. The number of aryl methyl sites for hydroxylation is 1. The third kappa shape index (κ3) is 2.49. The lowest BCUT2D eigenvalue weighted by Gasteiger charge is -2.09. The Morgan fingerprint density at radius 3 is 2.04 bits per heavy atom. The first-order chi connectivity index (χ1) is 12.8. The zero-order chi connectivity index (χ0) is 17.5. The summed E-state index contributed by atoms with van der Waals surface area (Å²) in [5.41, 5.74) is 8.07. The Morgan fingerprint density at radius 2 is 1.19 bits per heavy atom. The zero-order valence-corrected chi connectivity index (χ0v) is 14.6. The van der Waals surface area contributed by atoms with Crippen LogP contribution in [0, 0.1) is 6.92 Å². The van der Waals surface area contributed by atoms with Gasteiger partial charge in [0.25, 0.3) is 0 Å². The second kappa shape index (κ2) is 5.89. The Balaban J connectivity index is 1.70. The molecule has 0 aliphatic carbocycles. The van der Waals surface area contributed by atoms with Crippen LogP contribution in [0.1, 0.15) is 5.56 Å². The highest BCUT2D eigenvalue weighted by atomic mass is 16.3. The van der Waals surface area contributed by atoms with E-state index in [9.17, 15) is 0 Å². The number of hydrogen-bond donors (Lipinski definition) is 0. The van der Waals surface area contributed by atoms with E-state index in [1.807, 2.05) is 12.1 Å². The number of fused-ring (bicyclic) bond motifs is 3. The molecule has 1 heterocycles. The van der Waals surface area contributed by atoms with Crippen LogP contribution < -0.4 is 0 Å². The largest absolute Gasteiger partial charge is 0.456 e. The number of benzene rings is 4. The quantitative estimate of drug-likeness (QED) is 0.332. The van der Waals surface area contributed by atoms with Crippen LogP contribution in [-0.2, 0) is 0 Å². The van der Waals surface area contributed by atoms with Crippen LogP contribution in [0.4, 0.5) is 0 Å². The molecule has 0 aliphatic heterocycles. The van der Waals surface area contributed by atoms with Crippen LogP contribution in [0.3, 0.4) is 0 Å². The molecule has 5 aromatic rings. The lowest BCUT2D eigenvalue weighted by molar-refractivity contribution is 0.669. The van der Waals surface area contributed by atoms with Gasteiger partial charge in [-0.2, -0.15) is 0 Å². The van der Waals surface area contributed by atoms with Gasteiger partial charge in [0.2, 0.25) is 0 Å². The molecule has 0 spiro atoms. The first-order valence-electron chi connectivity index (χ1n) is 8.87. The molecule has 4 aromatic carbocycles. The summed E-state index contributed by atoms with van der Waals surface area (Å²) in [7, 11) is 0. The van der Waals surface area contributed by atoms with E-state index in [1.165, 1.54) is 38.6 Å². The monoisotopic (exact) mass is 334 g/mol. The molecule has 0 radical (unpaired) electrons. The Morgan fingerprint density at radius 1 is 0.500 bits per heavy atom. The minimum atomic E-state index is 0.936. The molecule has 1 heteroatoms. The van der Waals surface area contributed by atoms with Crippen molar-refractivity contribution < 1.29 is 4.42 Å². The van der Waals surface area contributed by atoms with E-state index in [1.54, 1.807) is 0 Å². The summed E-state index contributed by atoms with van der Waals surface area (Å²) in [5, 5.41) is 2.33. The van der Waals surface area contributed by atoms with Crippen molar-refractivity contribution in [3.63, 3.8) is 0 Å². The Hall–Kier alpha value is -3.32. The molecule has 5 rings (SSSR count). The first-order valence-corrected chi connectivity index (χ1v) is 8.87. The van der Waals surface area contributed by atoms with Gasteiger partial charge in [0.05, 0.1) is 0 Å². The van der Waals surface area contributed by atoms with Gasteiger partial charge in [-0.05, 0) is 59.0 Å². The van der Waals surface area contributed by atoms with Gasteiger partial charge in [-0.15, -0.1) is 0 Å². The van der Waals surface area contributed by atoms with E-state index >= 15 is 0 Å². The van der Waals surface area contributed by atoms with E-state index in [2.05, 4.69) is 85.8 Å². The summed E-state index contributed by atoms with van der Waals surface area (Å²) in [6.07, 6.45) is 0. The summed E-state index contributed by atoms with van der Waals surface area (Å²) in [6.45, 7) is 2.15. The van der Waals surface area contributed by atoms with Crippen LogP contribution in [0.25, 0.3) is 44.2 Å². The maximum Gasteiger partial charge on any atom is 0.135 e. The van der Waals surface area contributed by atoms with Gasteiger partial charge >= 0.3 is 0 Å². The third-order valence-electron chi connectivity index (χ3n) is 4.89. The van der Waals surface area contributed by atoms with E-state index in [-0.39, 0.29) is 0 Å². The molecule has 0 aliphatic rings. The van der Waals surface area contributed by atoms with E-state index in [0.717, 1.165) is 11.2 Å². The van der Waals surface area contributed by atoms with Crippen molar-refractivity contribution in [2.24, 2.45) is 0 Å². The molecule has 0 N–H and O–H groups in total. The number of para-hydroxylation sites is 1. The third-order valence-corrected chi connectivity index (χ3v) is 4.89. The molecule has 1 nitrogen and oxygen atoms in total. The molecular formula is C25H18O. The lowest BCUT2D eigenvalue weighted by atomic mass is 9.96. The van der Waals surface area contributed by atoms with Crippen molar-refractivity contribution in [3.05, 3.63) is 96.6 Å². The smallest absolute Gasteiger partial charge is 0.135 e. The highest BCUT2D eigenvalue weighted by Crippen LogP contribution is 2.34. The summed E-state index contributed by atoms with van der Waals surface area (Å²) < 4.78 is 5.96. The van der Waals surface area contributed by atoms with Crippen molar-refractivity contribution in [3.8, 4) is 22.3 Å². The zero-order valence-electron chi connectivity index (χ0n) is 14.6. The fraction of sp³-hybridized carbons (Fsp3) is 0.0400. The molecule has 0 saturated carbocycles. The van der Waals surface area contributed by atoms with E-state index < -0.39 is 0 Å². The van der Waals surface area contributed by atoms with Crippen LogP contribution >= 0.6 is 0 Å². The predicted molar refractivity (Wildman–Crippen MR) is 109 cm³/mol. The topological polar surface area (TPSA) is 13.1 Å². The maximum absolute atomic E-state index is 5.96. The first kappa shape index (κ1) is 15.0. The van der Waals surface area contributed by atoms with Gasteiger partial charge in [-0.1, -0.05) is 66.7 Å². The van der Waals surface area contributed by atoms with Gasteiger partial charge in [-0.3, -0.25) is 0 Å². The van der Waals surface area contributed by atoms with Crippen molar-refractivity contribution in [2.45, 2.75) is 6.92 Å². The average Bonchev–Trinajstić information content (AvgIpc) is 3.06. The van der Waals surface area contributed by atoms with Crippen LogP contribution in [0.5, 0.6) is 0 Å². The molecule has 26 heavy (non-hydrogen) atoms. The van der Waals surface area contributed by atoms with Crippen molar-refractivity contribution in [1.29, 1.82) is 0 Å². The molecule has 0 amide bonds. The molecule has 0 fully saturated rings. The van der Waals surface area contributed by atoms with Crippen LogP contribution in [-0.4, -0.2) is 0 Å². The van der Waals surface area contributed by atoms with Crippen LogP contribution in [0.15, 0.2) is 95.4 Å². The molecule has 124 valence electrons. The van der Waals surface area contributed by atoms with E-state index in [0.29, 0.717) is 0 Å². The maximum atomic E-state index is 5.96. The van der Waals surface area contributed by atoms with E-state index in [4.69, 9.17) is 4.42 Å². The van der Waals surface area contributed by atoms with Crippen LogP contribution in [0.2, 0.25) is 0 Å². The molecule has 0 saturated heterocycles. The van der Waals surface area contributed by atoms with Gasteiger partial charge in [0, 0.05) is 10.8 Å². The highest BCUT2D eigenvalue weighted by molar-refractivity contribution is 6.06. The number of rotatable bonds is 2. The van der Waals surface area contributed by atoms with Gasteiger partial charge in [0.15, 0.2) is 0 Å². The van der Waals surface area contributed by atoms with Gasteiger partial charge in [0.1, 0.15) is 11.2 Å². The minimum Gasteiger partial charge on any atom is -0.456 e. The SMILES string of the molecule is Cc1cc(-c2ccccc2)cc(-c2ccc3oc4ccccc4c3c2)c1. The summed E-state index contributed by atoms with van der Waals surface area (Å²) in [5.74, 6) is 0. The Kier molecular flexibility index (Phi) is 3.39. The summed E-state index contributed by atoms with van der Waals surface area (Å²) in [4.78, 5) is 0. The van der Waals surface area contributed by atoms with Crippen molar-refractivity contribution in [2.75, 3.05) is 0 Å². The molecule has 0 bridgehead atoms. The molecule has 1 aromatic heterocycles. The molecular weight excluding hydrogens is 316 g/mol. The Bertz CT molecular complexity index is 1230. The van der Waals surface area contributed by atoms with Gasteiger partial charge in [-0.25, -0.2) is 0 Å². The van der Waals surface area contributed by atoms with Gasteiger partial charge < -0.3 is 4.42 Å². The lowest BCUT2D eigenvalue weighted by Crippen LogP contribution is -1.84.